The van der Waals surface area contributed by atoms with Gasteiger partial charge in [0.05, 0.1) is 18.7 Å². The summed E-state index contributed by atoms with van der Waals surface area (Å²) in [5, 5.41) is 0. The molecule has 90 valence electrons. The zero-order chi connectivity index (χ0) is 12.3. The van der Waals surface area contributed by atoms with Gasteiger partial charge < -0.3 is 15.2 Å². The van der Waals surface area contributed by atoms with Gasteiger partial charge in [-0.25, -0.2) is 0 Å². The average molecular weight is 288 g/mol. The summed E-state index contributed by atoms with van der Waals surface area (Å²) in [4.78, 5) is 0. The summed E-state index contributed by atoms with van der Waals surface area (Å²) in [6.45, 7) is 4.01. The van der Waals surface area contributed by atoms with Crippen molar-refractivity contribution in [3.8, 4) is 11.5 Å². The predicted molar refractivity (Wildman–Crippen MR) is 69.3 cm³/mol. The molecule has 1 rings (SSSR count). The van der Waals surface area contributed by atoms with E-state index in [1.54, 1.807) is 14.2 Å². The van der Waals surface area contributed by atoms with Crippen molar-refractivity contribution in [1.82, 2.24) is 0 Å². The Morgan fingerprint density at radius 3 is 2.31 bits per heavy atom. The summed E-state index contributed by atoms with van der Waals surface area (Å²) in [5.41, 5.74) is 8.08. The molecule has 1 atom stereocenters. The smallest absolute Gasteiger partial charge is 0.175 e. The van der Waals surface area contributed by atoms with E-state index in [0.717, 1.165) is 28.0 Å². The molecule has 0 bridgehead atoms. The summed E-state index contributed by atoms with van der Waals surface area (Å²) in [6.07, 6.45) is 0.824. The minimum Gasteiger partial charge on any atom is -0.493 e. The molecule has 1 unspecified atom stereocenters. The van der Waals surface area contributed by atoms with Crippen LogP contribution in [0.1, 0.15) is 18.1 Å². The Kier molecular flexibility index (Phi) is 4.62. The molecular formula is C12H18BrNO2. The van der Waals surface area contributed by atoms with Crippen LogP contribution in [-0.4, -0.2) is 20.3 Å². The molecule has 0 saturated carbocycles. The minimum atomic E-state index is 0.128. The molecule has 1 aromatic rings. The Bertz CT molecular complexity index is 378. The van der Waals surface area contributed by atoms with E-state index in [4.69, 9.17) is 15.2 Å². The molecule has 4 heteroatoms. The van der Waals surface area contributed by atoms with Crippen LogP contribution < -0.4 is 15.2 Å². The van der Waals surface area contributed by atoms with Crippen molar-refractivity contribution in [2.45, 2.75) is 26.3 Å². The van der Waals surface area contributed by atoms with Crippen molar-refractivity contribution in [2.24, 2.45) is 5.73 Å². The van der Waals surface area contributed by atoms with Gasteiger partial charge in [-0.15, -0.1) is 0 Å². The van der Waals surface area contributed by atoms with Gasteiger partial charge in [-0.1, -0.05) is 0 Å². The fraction of sp³-hybridized carbons (Fsp3) is 0.500. The van der Waals surface area contributed by atoms with Crippen LogP contribution in [0.2, 0.25) is 0 Å². The molecule has 0 saturated heterocycles. The van der Waals surface area contributed by atoms with Crippen LogP contribution in [0.4, 0.5) is 0 Å². The maximum atomic E-state index is 5.82. The standard InChI is InChI=1S/C12H18BrNO2/c1-7(14)5-9-6-10(13)12(16-4)11(15-3)8(9)2/h6-7H,5,14H2,1-4H3. The Balaban J connectivity index is 3.28. The molecule has 0 aliphatic carbocycles. The van der Waals surface area contributed by atoms with E-state index in [9.17, 15) is 0 Å². The summed E-state index contributed by atoms with van der Waals surface area (Å²) in [6, 6.07) is 2.17. The summed E-state index contributed by atoms with van der Waals surface area (Å²) in [7, 11) is 3.28. The van der Waals surface area contributed by atoms with E-state index in [1.165, 1.54) is 5.56 Å². The van der Waals surface area contributed by atoms with Gasteiger partial charge in [0.15, 0.2) is 11.5 Å². The molecule has 0 heterocycles. The summed E-state index contributed by atoms with van der Waals surface area (Å²) in [5.74, 6) is 1.50. The number of hydrogen-bond acceptors (Lipinski definition) is 3. The molecule has 0 spiro atoms. The molecule has 0 amide bonds. The maximum Gasteiger partial charge on any atom is 0.175 e. The van der Waals surface area contributed by atoms with Gasteiger partial charge in [0.25, 0.3) is 0 Å². The highest BCUT2D eigenvalue weighted by Crippen LogP contribution is 2.39. The van der Waals surface area contributed by atoms with Gasteiger partial charge in [-0.3, -0.25) is 0 Å². The monoisotopic (exact) mass is 287 g/mol. The van der Waals surface area contributed by atoms with E-state index in [2.05, 4.69) is 15.9 Å². The highest BCUT2D eigenvalue weighted by molar-refractivity contribution is 9.10. The van der Waals surface area contributed by atoms with Crippen LogP contribution in [0.15, 0.2) is 10.5 Å². The van der Waals surface area contributed by atoms with Gasteiger partial charge in [0.1, 0.15) is 0 Å². The fourth-order valence-corrected chi connectivity index (χ4v) is 2.36. The van der Waals surface area contributed by atoms with Crippen molar-refractivity contribution in [3.05, 3.63) is 21.7 Å². The van der Waals surface area contributed by atoms with E-state index in [1.807, 2.05) is 19.9 Å². The van der Waals surface area contributed by atoms with E-state index in [-0.39, 0.29) is 6.04 Å². The summed E-state index contributed by atoms with van der Waals surface area (Å²) < 4.78 is 11.6. The van der Waals surface area contributed by atoms with Crippen LogP contribution in [0, 0.1) is 6.92 Å². The second kappa shape index (κ2) is 5.55. The molecule has 0 aromatic heterocycles. The van der Waals surface area contributed by atoms with Crippen LogP contribution >= 0.6 is 15.9 Å². The van der Waals surface area contributed by atoms with Crippen molar-refractivity contribution in [1.29, 1.82) is 0 Å². The first-order valence-corrected chi connectivity index (χ1v) is 5.96. The van der Waals surface area contributed by atoms with Gasteiger partial charge in [0.2, 0.25) is 0 Å². The maximum absolute atomic E-state index is 5.82. The van der Waals surface area contributed by atoms with Crippen LogP contribution in [0.5, 0.6) is 11.5 Å². The molecule has 2 N–H and O–H groups in total. The number of benzene rings is 1. The normalized spacial score (nSPS) is 12.4. The number of rotatable bonds is 4. The lowest BCUT2D eigenvalue weighted by molar-refractivity contribution is 0.350. The number of methoxy groups -OCH3 is 2. The zero-order valence-corrected chi connectivity index (χ0v) is 11.7. The molecule has 0 fully saturated rings. The van der Waals surface area contributed by atoms with Crippen LogP contribution in [-0.2, 0) is 6.42 Å². The molecule has 0 aliphatic heterocycles. The summed E-state index contributed by atoms with van der Waals surface area (Å²) >= 11 is 3.48. The van der Waals surface area contributed by atoms with Crippen molar-refractivity contribution >= 4 is 15.9 Å². The topological polar surface area (TPSA) is 44.5 Å². The predicted octanol–water partition coefficient (Wildman–Crippen LogP) is 2.66. The van der Waals surface area contributed by atoms with Crippen LogP contribution in [0.25, 0.3) is 0 Å². The first-order chi connectivity index (χ1) is 7.51. The first kappa shape index (κ1) is 13.3. The number of ether oxygens (including phenoxy) is 2. The lowest BCUT2D eigenvalue weighted by Crippen LogP contribution is -2.18. The highest BCUT2D eigenvalue weighted by atomic mass is 79.9. The van der Waals surface area contributed by atoms with Gasteiger partial charge in [-0.05, 0) is 53.4 Å². The largest absolute Gasteiger partial charge is 0.493 e. The number of hydrogen-bond donors (Lipinski definition) is 1. The zero-order valence-electron chi connectivity index (χ0n) is 10.1. The van der Waals surface area contributed by atoms with Crippen molar-refractivity contribution < 1.29 is 9.47 Å². The molecule has 0 radical (unpaired) electrons. The SMILES string of the molecule is COc1c(Br)cc(CC(C)N)c(C)c1OC. The van der Waals surface area contributed by atoms with E-state index >= 15 is 0 Å². The second-order valence-electron chi connectivity index (χ2n) is 3.89. The van der Waals surface area contributed by atoms with Crippen molar-refractivity contribution in [2.75, 3.05) is 14.2 Å². The lowest BCUT2D eigenvalue weighted by Gasteiger charge is -2.17. The molecule has 0 aliphatic rings. The third-order valence-corrected chi connectivity index (χ3v) is 3.09. The molecular weight excluding hydrogens is 270 g/mol. The third kappa shape index (κ3) is 2.68. The Labute approximate surface area is 105 Å². The molecule has 3 nitrogen and oxygen atoms in total. The van der Waals surface area contributed by atoms with Crippen molar-refractivity contribution in [3.63, 3.8) is 0 Å². The lowest BCUT2D eigenvalue weighted by atomic mass is 10.0. The second-order valence-corrected chi connectivity index (χ2v) is 4.74. The van der Waals surface area contributed by atoms with Gasteiger partial charge in [0, 0.05) is 6.04 Å². The quantitative estimate of drug-likeness (QED) is 0.926. The molecule has 1 aromatic carbocycles. The number of halogens is 1. The third-order valence-electron chi connectivity index (χ3n) is 2.50. The van der Waals surface area contributed by atoms with E-state index < -0.39 is 0 Å². The number of nitrogens with two attached hydrogens (primary N) is 1. The Morgan fingerprint density at radius 1 is 1.31 bits per heavy atom. The van der Waals surface area contributed by atoms with Gasteiger partial charge >= 0.3 is 0 Å². The first-order valence-electron chi connectivity index (χ1n) is 5.16. The van der Waals surface area contributed by atoms with Crippen LogP contribution in [0.3, 0.4) is 0 Å². The highest BCUT2D eigenvalue weighted by Gasteiger charge is 2.16. The van der Waals surface area contributed by atoms with E-state index in [0.29, 0.717) is 0 Å². The Morgan fingerprint density at radius 2 is 1.88 bits per heavy atom. The fourth-order valence-electron chi connectivity index (χ4n) is 1.75. The average Bonchev–Trinajstić information content (AvgIpc) is 2.21. The minimum absolute atomic E-state index is 0.128. The molecule has 16 heavy (non-hydrogen) atoms. The van der Waals surface area contributed by atoms with Gasteiger partial charge in [-0.2, -0.15) is 0 Å². The Hall–Kier alpha value is -0.740.